The van der Waals surface area contributed by atoms with Crippen LogP contribution in [0.5, 0.6) is 0 Å². The lowest BCUT2D eigenvalue weighted by atomic mass is 10.1. The summed E-state index contributed by atoms with van der Waals surface area (Å²) in [6, 6.07) is 5.39. The summed E-state index contributed by atoms with van der Waals surface area (Å²) in [6.45, 7) is 3.37. The van der Waals surface area contributed by atoms with Gasteiger partial charge in [0.05, 0.1) is 19.3 Å². The molecule has 0 aliphatic carbocycles. The van der Waals surface area contributed by atoms with E-state index in [1.54, 1.807) is 12.1 Å². The van der Waals surface area contributed by atoms with Crippen LogP contribution in [0.25, 0.3) is 0 Å². The van der Waals surface area contributed by atoms with E-state index in [-0.39, 0.29) is 12.2 Å². The van der Waals surface area contributed by atoms with Crippen LogP contribution in [0.2, 0.25) is 10.0 Å². The molecule has 1 fully saturated rings. The molecular weight excluding hydrogens is 235 g/mol. The van der Waals surface area contributed by atoms with E-state index in [4.69, 9.17) is 32.7 Å². The second-order valence-electron chi connectivity index (χ2n) is 3.60. The minimum absolute atomic E-state index is 0.0552. The average molecular weight is 247 g/mol. The van der Waals surface area contributed by atoms with Gasteiger partial charge in [0.15, 0.2) is 0 Å². The maximum atomic E-state index is 6.05. The zero-order valence-corrected chi connectivity index (χ0v) is 9.89. The Kier molecular flexibility index (Phi) is 3.52. The summed E-state index contributed by atoms with van der Waals surface area (Å²) < 4.78 is 10.7. The highest BCUT2D eigenvalue weighted by molar-refractivity contribution is 6.33. The molecule has 0 unspecified atom stereocenters. The SMILES string of the molecule is C[C@H](OC[C@@H]1CO1)c1cc(Cl)ccc1Cl. The molecule has 1 aromatic carbocycles. The number of rotatable bonds is 4. The van der Waals surface area contributed by atoms with Gasteiger partial charge in [-0.2, -0.15) is 0 Å². The van der Waals surface area contributed by atoms with E-state index in [1.165, 1.54) is 0 Å². The number of benzene rings is 1. The lowest BCUT2D eigenvalue weighted by molar-refractivity contribution is 0.0540. The van der Waals surface area contributed by atoms with Gasteiger partial charge in [-0.1, -0.05) is 23.2 Å². The minimum atomic E-state index is -0.0552. The third-order valence-electron chi connectivity index (χ3n) is 2.33. The molecule has 1 aromatic rings. The summed E-state index contributed by atoms with van der Waals surface area (Å²) in [5.74, 6) is 0. The van der Waals surface area contributed by atoms with Crippen molar-refractivity contribution in [1.29, 1.82) is 0 Å². The third kappa shape index (κ3) is 3.08. The van der Waals surface area contributed by atoms with Gasteiger partial charge in [0.1, 0.15) is 6.10 Å². The fraction of sp³-hybridized carbons (Fsp3) is 0.455. The summed E-state index contributed by atoms with van der Waals surface area (Å²) in [6.07, 6.45) is 0.214. The molecule has 1 aliphatic rings. The number of ether oxygens (including phenoxy) is 2. The Bertz CT molecular complexity index is 350. The Balaban J connectivity index is 2.02. The van der Waals surface area contributed by atoms with E-state index >= 15 is 0 Å². The summed E-state index contributed by atoms with van der Waals surface area (Å²) in [7, 11) is 0. The molecule has 1 saturated heterocycles. The molecule has 2 rings (SSSR count). The Morgan fingerprint density at radius 3 is 2.93 bits per heavy atom. The van der Waals surface area contributed by atoms with Crippen LogP contribution in [0.3, 0.4) is 0 Å². The van der Waals surface area contributed by atoms with Crippen molar-refractivity contribution in [3.8, 4) is 0 Å². The van der Waals surface area contributed by atoms with E-state index in [1.807, 2.05) is 13.0 Å². The summed E-state index contributed by atoms with van der Waals surface area (Å²) in [5.41, 5.74) is 0.921. The molecular formula is C11H12Cl2O2. The van der Waals surface area contributed by atoms with Crippen molar-refractivity contribution in [3.05, 3.63) is 33.8 Å². The Labute approximate surface area is 99.1 Å². The molecule has 0 saturated carbocycles. The average Bonchev–Trinajstić information content (AvgIpc) is 3.02. The third-order valence-corrected chi connectivity index (χ3v) is 2.91. The molecule has 15 heavy (non-hydrogen) atoms. The van der Waals surface area contributed by atoms with Crippen molar-refractivity contribution in [3.63, 3.8) is 0 Å². The number of hydrogen-bond donors (Lipinski definition) is 0. The number of epoxide rings is 1. The fourth-order valence-electron chi connectivity index (χ4n) is 1.33. The van der Waals surface area contributed by atoms with Crippen LogP contribution in [-0.4, -0.2) is 19.3 Å². The lowest BCUT2D eigenvalue weighted by Crippen LogP contribution is -2.06. The Hall–Kier alpha value is -0.280. The number of halogens is 2. The van der Waals surface area contributed by atoms with E-state index in [0.717, 1.165) is 12.2 Å². The van der Waals surface area contributed by atoms with Crippen LogP contribution in [0.15, 0.2) is 18.2 Å². The van der Waals surface area contributed by atoms with E-state index in [2.05, 4.69) is 0 Å². The highest BCUT2D eigenvalue weighted by Crippen LogP contribution is 2.28. The van der Waals surface area contributed by atoms with Crippen LogP contribution >= 0.6 is 23.2 Å². The largest absolute Gasteiger partial charge is 0.371 e. The van der Waals surface area contributed by atoms with Gasteiger partial charge in [-0.05, 0) is 25.1 Å². The van der Waals surface area contributed by atoms with Crippen LogP contribution in [0.4, 0.5) is 0 Å². The maximum Gasteiger partial charge on any atom is 0.104 e. The first-order valence-electron chi connectivity index (χ1n) is 4.85. The normalized spacial score (nSPS) is 21.4. The number of hydrogen-bond acceptors (Lipinski definition) is 2. The standard InChI is InChI=1S/C11H12Cl2O2/c1-7(14-5-9-6-15-9)10-4-8(12)2-3-11(10)13/h2-4,7,9H,5-6H2,1H3/t7-,9+/m0/s1. The molecule has 1 aliphatic heterocycles. The van der Waals surface area contributed by atoms with E-state index < -0.39 is 0 Å². The van der Waals surface area contributed by atoms with Crippen molar-refractivity contribution in [2.45, 2.75) is 19.1 Å². The molecule has 0 radical (unpaired) electrons. The molecule has 4 heteroatoms. The first-order valence-corrected chi connectivity index (χ1v) is 5.60. The van der Waals surface area contributed by atoms with E-state index in [9.17, 15) is 0 Å². The predicted molar refractivity (Wildman–Crippen MR) is 60.6 cm³/mol. The van der Waals surface area contributed by atoms with Gasteiger partial charge in [0.25, 0.3) is 0 Å². The van der Waals surface area contributed by atoms with Gasteiger partial charge in [0.2, 0.25) is 0 Å². The molecule has 0 N–H and O–H groups in total. The Morgan fingerprint density at radius 1 is 1.53 bits per heavy atom. The first kappa shape index (κ1) is 11.2. The van der Waals surface area contributed by atoms with Crippen molar-refractivity contribution in [2.24, 2.45) is 0 Å². The van der Waals surface area contributed by atoms with Gasteiger partial charge in [-0.15, -0.1) is 0 Å². The molecule has 82 valence electrons. The summed E-state index contributed by atoms with van der Waals surface area (Å²) in [4.78, 5) is 0. The minimum Gasteiger partial charge on any atom is -0.371 e. The van der Waals surface area contributed by atoms with Crippen LogP contribution < -0.4 is 0 Å². The van der Waals surface area contributed by atoms with Crippen LogP contribution in [0, 0.1) is 0 Å². The molecule has 1 heterocycles. The molecule has 0 aromatic heterocycles. The second kappa shape index (κ2) is 4.71. The second-order valence-corrected chi connectivity index (χ2v) is 4.44. The highest BCUT2D eigenvalue weighted by atomic mass is 35.5. The molecule has 2 atom stereocenters. The van der Waals surface area contributed by atoms with Gasteiger partial charge in [-0.25, -0.2) is 0 Å². The lowest BCUT2D eigenvalue weighted by Gasteiger charge is -2.14. The zero-order valence-electron chi connectivity index (χ0n) is 8.37. The zero-order chi connectivity index (χ0) is 10.8. The highest BCUT2D eigenvalue weighted by Gasteiger charge is 2.24. The molecule has 2 nitrogen and oxygen atoms in total. The Morgan fingerprint density at radius 2 is 2.27 bits per heavy atom. The smallest absolute Gasteiger partial charge is 0.104 e. The molecule has 0 amide bonds. The molecule has 0 bridgehead atoms. The summed E-state index contributed by atoms with van der Waals surface area (Å²) in [5, 5.41) is 1.36. The van der Waals surface area contributed by atoms with Crippen LogP contribution in [-0.2, 0) is 9.47 Å². The van der Waals surface area contributed by atoms with Crippen LogP contribution in [0.1, 0.15) is 18.6 Å². The van der Waals surface area contributed by atoms with Crippen molar-refractivity contribution in [2.75, 3.05) is 13.2 Å². The van der Waals surface area contributed by atoms with Gasteiger partial charge >= 0.3 is 0 Å². The van der Waals surface area contributed by atoms with Crippen molar-refractivity contribution >= 4 is 23.2 Å². The molecule has 0 spiro atoms. The maximum absolute atomic E-state index is 6.05. The van der Waals surface area contributed by atoms with Gasteiger partial charge in [0, 0.05) is 15.6 Å². The fourth-order valence-corrected chi connectivity index (χ4v) is 1.78. The first-order chi connectivity index (χ1) is 7.16. The van der Waals surface area contributed by atoms with Crippen molar-refractivity contribution in [1.82, 2.24) is 0 Å². The topological polar surface area (TPSA) is 21.8 Å². The quantitative estimate of drug-likeness (QED) is 0.760. The van der Waals surface area contributed by atoms with Gasteiger partial charge in [-0.3, -0.25) is 0 Å². The van der Waals surface area contributed by atoms with Crippen molar-refractivity contribution < 1.29 is 9.47 Å². The summed E-state index contributed by atoms with van der Waals surface area (Å²) >= 11 is 11.9. The van der Waals surface area contributed by atoms with E-state index in [0.29, 0.717) is 16.7 Å². The predicted octanol–water partition coefficient (Wildman–Crippen LogP) is 3.47. The van der Waals surface area contributed by atoms with Gasteiger partial charge < -0.3 is 9.47 Å². The monoisotopic (exact) mass is 246 g/mol.